The Hall–Kier alpha value is -2.33. The molecule has 148 valence electrons. The molecule has 0 saturated carbocycles. The summed E-state index contributed by atoms with van der Waals surface area (Å²) in [5.74, 6) is -0.174. The van der Waals surface area contributed by atoms with Crippen LogP contribution in [0.4, 0.5) is 24.7 Å². The highest BCUT2D eigenvalue weighted by Crippen LogP contribution is 2.32. The van der Waals surface area contributed by atoms with E-state index in [1.54, 1.807) is 17.1 Å². The summed E-state index contributed by atoms with van der Waals surface area (Å²) in [4.78, 5) is 17.6. The molecule has 0 atom stereocenters. The maximum atomic E-state index is 12.6. The predicted octanol–water partition coefficient (Wildman–Crippen LogP) is 2.95. The molecule has 0 radical (unpaired) electrons. The number of amides is 1. The highest BCUT2D eigenvalue weighted by Gasteiger charge is 2.31. The first-order valence-corrected chi connectivity index (χ1v) is 8.46. The van der Waals surface area contributed by atoms with Crippen LogP contribution in [-0.2, 0) is 17.5 Å². The zero-order chi connectivity index (χ0) is 20.0. The van der Waals surface area contributed by atoms with Gasteiger partial charge in [0.2, 0.25) is 5.91 Å². The molecule has 0 aliphatic carbocycles. The smallest absolute Gasteiger partial charge is 0.368 e. The number of hydrogen-bond donors (Lipinski definition) is 2. The Bertz CT molecular complexity index is 778. The van der Waals surface area contributed by atoms with Gasteiger partial charge in [0.1, 0.15) is 5.82 Å². The number of halogens is 4. The largest absolute Gasteiger partial charge is 0.417 e. The lowest BCUT2D eigenvalue weighted by Gasteiger charge is -2.10. The van der Waals surface area contributed by atoms with Crippen molar-refractivity contribution in [1.29, 1.82) is 0 Å². The van der Waals surface area contributed by atoms with Crippen LogP contribution in [0.1, 0.15) is 12.0 Å². The highest BCUT2D eigenvalue weighted by molar-refractivity contribution is 6.32. The average molecular weight is 405 g/mol. The van der Waals surface area contributed by atoms with Crippen LogP contribution in [0.25, 0.3) is 0 Å². The summed E-state index contributed by atoms with van der Waals surface area (Å²) in [5, 5.41) is 9.44. The van der Waals surface area contributed by atoms with Crippen LogP contribution < -0.4 is 10.6 Å². The summed E-state index contributed by atoms with van der Waals surface area (Å²) in [6.07, 6.45) is -0.456. The lowest BCUT2D eigenvalue weighted by molar-refractivity contribution is -0.137. The van der Waals surface area contributed by atoms with Crippen LogP contribution in [0.2, 0.25) is 5.02 Å². The van der Waals surface area contributed by atoms with Gasteiger partial charge in [-0.15, -0.1) is 0 Å². The van der Waals surface area contributed by atoms with E-state index in [1.807, 2.05) is 19.0 Å². The Kier molecular flexibility index (Phi) is 7.03. The van der Waals surface area contributed by atoms with Gasteiger partial charge in [-0.3, -0.25) is 9.48 Å². The Morgan fingerprint density at radius 1 is 1.33 bits per heavy atom. The number of anilines is 2. The van der Waals surface area contributed by atoms with E-state index in [9.17, 15) is 18.0 Å². The first kappa shape index (κ1) is 21.0. The number of hydrogen-bond acceptors (Lipinski definition) is 5. The molecule has 2 aromatic heterocycles. The third-order valence-electron chi connectivity index (χ3n) is 3.51. The number of carbonyl (C=O) groups is 1. The number of nitrogens with zero attached hydrogens (tertiary/aromatic N) is 4. The molecule has 0 aromatic carbocycles. The molecule has 1 amide bonds. The molecule has 0 spiro atoms. The molecule has 7 nitrogen and oxygen atoms in total. The summed E-state index contributed by atoms with van der Waals surface area (Å²) in [6, 6.07) is 0.791. The quantitative estimate of drug-likeness (QED) is 0.707. The fraction of sp³-hybridized carbons (Fsp3) is 0.438. The van der Waals surface area contributed by atoms with Crippen molar-refractivity contribution in [2.24, 2.45) is 0 Å². The number of likely N-dealkylation sites (N-methyl/N-ethyl adjacent to an activating group) is 1. The summed E-state index contributed by atoms with van der Waals surface area (Å²) in [5.41, 5.74) is -0.355. The van der Waals surface area contributed by atoms with Crippen molar-refractivity contribution in [1.82, 2.24) is 19.7 Å². The Morgan fingerprint density at radius 2 is 2.07 bits per heavy atom. The number of aromatic nitrogens is 3. The van der Waals surface area contributed by atoms with Crippen LogP contribution in [0, 0.1) is 0 Å². The molecule has 0 aliphatic heterocycles. The minimum absolute atomic E-state index is 0.0852. The third-order valence-corrected chi connectivity index (χ3v) is 3.79. The topological polar surface area (TPSA) is 75.1 Å². The monoisotopic (exact) mass is 404 g/mol. The summed E-state index contributed by atoms with van der Waals surface area (Å²) >= 11 is 5.80. The van der Waals surface area contributed by atoms with Crippen LogP contribution in [0.5, 0.6) is 0 Å². The minimum atomic E-state index is -4.51. The van der Waals surface area contributed by atoms with Crippen molar-refractivity contribution in [2.45, 2.75) is 19.1 Å². The number of alkyl halides is 3. The van der Waals surface area contributed by atoms with Gasteiger partial charge in [-0.05, 0) is 20.2 Å². The maximum absolute atomic E-state index is 12.6. The van der Waals surface area contributed by atoms with Gasteiger partial charge in [0, 0.05) is 31.9 Å². The highest BCUT2D eigenvalue weighted by atomic mass is 35.5. The summed E-state index contributed by atoms with van der Waals surface area (Å²) < 4.78 is 39.4. The molecule has 0 saturated heterocycles. The van der Waals surface area contributed by atoms with Gasteiger partial charge in [0.25, 0.3) is 0 Å². The SMILES string of the molecule is CN(C)CCn1cc(NC(=O)CCNc2ncc(C(F)(F)F)cc2Cl)cn1. The van der Waals surface area contributed by atoms with Crippen molar-refractivity contribution in [3.63, 3.8) is 0 Å². The van der Waals surface area contributed by atoms with E-state index in [4.69, 9.17) is 11.6 Å². The standard InChI is InChI=1S/C16H20ClF3N6O/c1-25(2)5-6-26-10-12(9-23-26)24-14(27)3-4-21-15-13(17)7-11(8-22-15)16(18,19)20/h7-10H,3-6H2,1-2H3,(H,21,22)(H,24,27). The zero-order valence-corrected chi connectivity index (χ0v) is 15.6. The van der Waals surface area contributed by atoms with Gasteiger partial charge in [0.15, 0.2) is 0 Å². The Balaban J connectivity index is 1.79. The Morgan fingerprint density at radius 3 is 2.70 bits per heavy atom. The fourth-order valence-corrected chi connectivity index (χ4v) is 2.33. The van der Waals surface area contributed by atoms with Gasteiger partial charge in [0.05, 0.1) is 29.0 Å². The lowest BCUT2D eigenvalue weighted by atomic mass is 10.2. The molecule has 0 aliphatic rings. The molecule has 0 unspecified atom stereocenters. The van der Waals surface area contributed by atoms with Crippen molar-refractivity contribution in [2.75, 3.05) is 37.8 Å². The molecule has 0 fully saturated rings. The van der Waals surface area contributed by atoms with E-state index in [-0.39, 0.29) is 29.7 Å². The van der Waals surface area contributed by atoms with E-state index in [1.165, 1.54) is 0 Å². The van der Waals surface area contributed by atoms with Gasteiger partial charge in [-0.1, -0.05) is 11.6 Å². The van der Waals surface area contributed by atoms with Crippen LogP contribution in [-0.4, -0.2) is 52.8 Å². The second-order valence-electron chi connectivity index (χ2n) is 6.07. The second-order valence-corrected chi connectivity index (χ2v) is 6.48. The summed E-state index contributed by atoms with van der Waals surface area (Å²) in [6.45, 7) is 1.68. The van der Waals surface area contributed by atoms with Gasteiger partial charge in [-0.25, -0.2) is 4.98 Å². The predicted molar refractivity (Wildman–Crippen MR) is 96.8 cm³/mol. The normalized spacial score (nSPS) is 11.7. The number of pyridine rings is 1. The van der Waals surface area contributed by atoms with Crippen LogP contribution in [0.15, 0.2) is 24.7 Å². The van der Waals surface area contributed by atoms with Crippen molar-refractivity contribution < 1.29 is 18.0 Å². The van der Waals surface area contributed by atoms with Gasteiger partial charge >= 0.3 is 6.18 Å². The first-order valence-electron chi connectivity index (χ1n) is 8.09. The third kappa shape index (κ3) is 6.72. The average Bonchev–Trinajstić information content (AvgIpc) is 3.01. The molecule has 2 aromatic rings. The fourth-order valence-electron chi connectivity index (χ4n) is 2.09. The molecule has 0 bridgehead atoms. The van der Waals surface area contributed by atoms with Gasteiger partial charge < -0.3 is 15.5 Å². The second kappa shape index (κ2) is 9.05. The van der Waals surface area contributed by atoms with E-state index in [2.05, 4.69) is 20.7 Å². The number of nitrogens with one attached hydrogen (secondary N) is 2. The summed E-state index contributed by atoms with van der Waals surface area (Å²) in [7, 11) is 3.91. The van der Waals surface area contributed by atoms with Crippen molar-refractivity contribution in [3.05, 3.63) is 35.2 Å². The molecule has 2 N–H and O–H groups in total. The molecule has 2 rings (SSSR count). The van der Waals surface area contributed by atoms with E-state index >= 15 is 0 Å². The molecular formula is C16H20ClF3N6O. The maximum Gasteiger partial charge on any atom is 0.417 e. The van der Waals surface area contributed by atoms with E-state index in [0.717, 1.165) is 12.6 Å². The van der Waals surface area contributed by atoms with E-state index < -0.39 is 11.7 Å². The number of carbonyl (C=O) groups excluding carboxylic acids is 1. The lowest BCUT2D eigenvalue weighted by Crippen LogP contribution is -2.18. The number of rotatable bonds is 8. The van der Waals surface area contributed by atoms with E-state index in [0.29, 0.717) is 18.4 Å². The molecular weight excluding hydrogens is 385 g/mol. The van der Waals surface area contributed by atoms with Crippen molar-refractivity contribution >= 4 is 29.0 Å². The molecule has 11 heteroatoms. The van der Waals surface area contributed by atoms with Crippen LogP contribution in [0.3, 0.4) is 0 Å². The Labute approximate surface area is 159 Å². The zero-order valence-electron chi connectivity index (χ0n) is 14.8. The van der Waals surface area contributed by atoms with Crippen molar-refractivity contribution in [3.8, 4) is 0 Å². The molecule has 2 heterocycles. The van der Waals surface area contributed by atoms with Gasteiger partial charge in [-0.2, -0.15) is 18.3 Å². The minimum Gasteiger partial charge on any atom is -0.368 e. The molecule has 27 heavy (non-hydrogen) atoms. The van der Waals surface area contributed by atoms with Crippen LogP contribution >= 0.6 is 11.6 Å². The first-order chi connectivity index (χ1) is 12.6.